The molecule has 0 bridgehead atoms. The molecule has 1 aliphatic rings. The minimum atomic E-state index is -2.84. The van der Waals surface area contributed by atoms with Crippen LogP contribution in [-0.2, 0) is 6.42 Å². The second-order valence-corrected chi connectivity index (χ2v) is 7.83. The molecule has 152 valence electrons. The van der Waals surface area contributed by atoms with Gasteiger partial charge in [0.25, 0.3) is 5.92 Å². The van der Waals surface area contributed by atoms with Gasteiger partial charge in [-0.2, -0.15) is 0 Å². The number of nitrogens with zero attached hydrogens (tertiary/aromatic N) is 5. The summed E-state index contributed by atoms with van der Waals surface area (Å²) < 4.78 is 37.0. The second-order valence-electron chi connectivity index (χ2n) is 7.83. The van der Waals surface area contributed by atoms with Gasteiger partial charge in [-0.05, 0) is 31.9 Å². The maximum absolute atomic E-state index is 15.1. The Hall–Kier alpha value is -3.34. The van der Waals surface area contributed by atoms with Crippen molar-refractivity contribution in [3.05, 3.63) is 59.2 Å². The van der Waals surface area contributed by atoms with Gasteiger partial charge in [0.1, 0.15) is 17.1 Å². The first kappa shape index (κ1) is 18.7. The molecular weight excluding hydrogens is 388 g/mol. The number of pyridine rings is 1. The fourth-order valence-corrected chi connectivity index (χ4v) is 4.40. The van der Waals surface area contributed by atoms with Gasteiger partial charge in [-0.25, -0.2) is 18.6 Å². The SMILES string of the molecule is [C-]#[N+]c1ccc2ncc3nc(Cc4cc(C)on4)n(C4CCCCC4(F)F)c3c2c1. The number of hydrogen-bond donors (Lipinski definition) is 0. The van der Waals surface area contributed by atoms with Crippen LogP contribution in [0.1, 0.15) is 49.0 Å². The zero-order chi connectivity index (χ0) is 20.9. The molecule has 1 saturated carbocycles. The molecule has 4 aromatic rings. The molecule has 5 rings (SSSR count). The van der Waals surface area contributed by atoms with Crippen LogP contribution in [0.2, 0.25) is 0 Å². The molecule has 0 radical (unpaired) electrons. The summed E-state index contributed by atoms with van der Waals surface area (Å²) in [5, 5.41) is 4.69. The number of aromatic nitrogens is 4. The van der Waals surface area contributed by atoms with E-state index in [1.165, 1.54) is 0 Å². The van der Waals surface area contributed by atoms with E-state index in [9.17, 15) is 0 Å². The molecule has 1 unspecified atom stereocenters. The van der Waals surface area contributed by atoms with Crippen molar-refractivity contribution < 1.29 is 13.3 Å². The van der Waals surface area contributed by atoms with Crippen LogP contribution in [0, 0.1) is 13.5 Å². The zero-order valence-electron chi connectivity index (χ0n) is 16.4. The first-order chi connectivity index (χ1) is 14.5. The molecule has 1 atom stereocenters. The third-order valence-corrected chi connectivity index (χ3v) is 5.75. The van der Waals surface area contributed by atoms with Gasteiger partial charge in [0, 0.05) is 17.9 Å². The molecule has 3 aromatic heterocycles. The van der Waals surface area contributed by atoms with Crippen molar-refractivity contribution in [2.45, 2.75) is 51.0 Å². The molecule has 0 N–H and O–H groups in total. The van der Waals surface area contributed by atoms with Gasteiger partial charge < -0.3 is 9.09 Å². The predicted octanol–water partition coefficient (Wildman–Crippen LogP) is 5.77. The minimum absolute atomic E-state index is 0.143. The van der Waals surface area contributed by atoms with E-state index in [1.807, 2.05) is 0 Å². The second kappa shape index (κ2) is 6.87. The van der Waals surface area contributed by atoms with Crippen molar-refractivity contribution in [1.82, 2.24) is 19.7 Å². The van der Waals surface area contributed by atoms with Gasteiger partial charge in [-0.1, -0.05) is 17.6 Å². The number of benzene rings is 1. The van der Waals surface area contributed by atoms with E-state index in [-0.39, 0.29) is 12.8 Å². The Morgan fingerprint density at radius 3 is 2.87 bits per heavy atom. The standard InChI is InChI=1S/C22H19F2N5O/c1-13-9-15(28-30-13)11-20-27-18-12-26-17-7-6-14(25-2)10-16(17)21(18)29(20)19-5-3-4-8-22(19,23)24/h6-7,9-10,12,19H,3-5,8,11H2,1H3. The van der Waals surface area contributed by atoms with Crippen LogP contribution in [-0.4, -0.2) is 25.6 Å². The van der Waals surface area contributed by atoms with Gasteiger partial charge >= 0.3 is 0 Å². The van der Waals surface area contributed by atoms with Gasteiger partial charge in [0.2, 0.25) is 0 Å². The van der Waals surface area contributed by atoms with Crippen molar-refractivity contribution >= 4 is 27.6 Å². The molecule has 3 heterocycles. The molecule has 0 aliphatic heterocycles. The van der Waals surface area contributed by atoms with E-state index < -0.39 is 12.0 Å². The first-order valence-electron chi connectivity index (χ1n) is 9.93. The monoisotopic (exact) mass is 407 g/mol. The van der Waals surface area contributed by atoms with Crippen molar-refractivity contribution in [3.8, 4) is 0 Å². The lowest BCUT2D eigenvalue weighted by Gasteiger charge is -2.33. The van der Waals surface area contributed by atoms with Crippen LogP contribution in [0.5, 0.6) is 0 Å². The number of fused-ring (bicyclic) bond motifs is 3. The van der Waals surface area contributed by atoms with Gasteiger partial charge in [0.05, 0.1) is 42.0 Å². The van der Waals surface area contributed by atoms with E-state index in [1.54, 1.807) is 42.0 Å². The average molecular weight is 407 g/mol. The van der Waals surface area contributed by atoms with Crippen LogP contribution in [0.25, 0.3) is 26.8 Å². The molecule has 0 amide bonds. The fraction of sp³-hybridized carbons (Fsp3) is 0.364. The van der Waals surface area contributed by atoms with E-state index in [0.29, 0.717) is 57.7 Å². The lowest BCUT2D eigenvalue weighted by atomic mass is 9.91. The summed E-state index contributed by atoms with van der Waals surface area (Å²) in [6.07, 6.45) is 3.37. The highest BCUT2D eigenvalue weighted by Gasteiger charge is 2.44. The molecule has 6 nitrogen and oxygen atoms in total. The summed E-state index contributed by atoms with van der Waals surface area (Å²) >= 11 is 0. The number of aryl methyl sites for hydroxylation is 1. The Morgan fingerprint density at radius 1 is 1.27 bits per heavy atom. The lowest BCUT2D eigenvalue weighted by Crippen LogP contribution is -2.35. The van der Waals surface area contributed by atoms with Crippen molar-refractivity contribution in [1.29, 1.82) is 0 Å². The topological polar surface area (TPSA) is 61.1 Å². The highest BCUT2D eigenvalue weighted by atomic mass is 19.3. The Morgan fingerprint density at radius 2 is 2.13 bits per heavy atom. The third-order valence-electron chi connectivity index (χ3n) is 5.75. The number of hydrogen-bond acceptors (Lipinski definition) is 4. The van der Waals surface area contributed by atoms with Gasteiger partial charge in [0.15, 0.2) is 5.69 Å². The number of rotatable bonds is 3. The quantitative estimate of drug-likeness (QED) is 0.404. The number of halogens is 2. The largest absolute Gasteiger partial charge is 0.361 e. The van der Waals surface area contributed by atoms with Crippen molar-refractivity contribution in [2.24, 2.45) is 0 Å². The highest BCUT2D eigenvalue weighted by molar-refractivity contribution is 6.03. The van der Waals surface area contributed by atoms with Crippen LogP contribution in [0.4, 0.5) is 14.5 Å². The third kappa shape index (κ3) is 3.02. The summed E-state index contributed by atoms with van der Waals surface area (Å²) in [7, 11) is 0. The first-order valence-corrected chi connectivity index (χ1v) is 9.93. The van der Waals surface area contributed by atoms with Crippen LogP contribution in [0.15, 0.2) is 35.0 Å². The summed E-state index contributed by atoms with van der Waals surface area (Å²) in [6, 6.07) is 5.93. The number of imidazole rings is 1. The van der Waals surface area contributed by atoms with E-state index in [0.717, 1.165) is 6.42 Å². The van der Waals surface area contributed by atoms with E-state index >= 15 is 8.78 Å². The predicted molar refractivity (Wildman–Crippen MR) is 108 cm³/mol. The van der Waals surface area contributed by atoms with Crippen LogP contribution in [0.3, 0.4) is 0 Å². The smallest absolute Gasteiger partial charge is 0.268 e. The van der Waals surface area contributed by atoms with Gasteiger partial charge in [-0.3, -0.25) is 4.98 Å². The highest BCUT2D eigenvalue weighted by Crippen LogP contribution is 2.44. The normalized spacial score (nSPS) is 18.7. The fourth-order valence-electron chi connectivity index (χ4n) is 4.40. The lowest BCUT2D eigenvalue weighted by molar-refractivity contribution is -0.0775. The van der Waals surface area contributed by atoms with Crippen LogP contribution >= 0.6 is 0 Å². The molecule has 0 spiro atoms. The summed E-state index contributed by atoms with van der Waals surface area (Å²) in [4.78, 5) is 12.6. The van der Waals surface area contributed by atoms with Crippen molar-refractivity contribution in [2.75, 3.05) is 0 Å². The average Bonchev–Trinajstić information content (AvgIpc) is 3.30. The minimum Gasteiger partial charge on any atom is -0.361 e. The Labute approximate surface area is 171 Å². The van der Waals surface area contributed by atoms with Crippen LogP contribution < -0.4 is 0 Å². The number of alkyl halides is 2. The molecular formula is C22H19F2N5O. The molecule has 1 fully saturated rings. The van der Waals surface area contributed by atoms with E-state index in [4.69, 9.17) is 11.1 Å². The Kier molecular flexibility index (Phi) is 4.28. The summed E-state index contributed by atoms with van der Waals surface area (Å²) in [5.74, 6) is -1.68. The molecule has 1 aliphatic carbocycles. The molecule has 1 aromatic carbocycles. The van der Waals surface area contributed by atoms with Crippen molar-refractivity contribution in [3.63, 3.8) is 0 Å². The van der Waals surface area contributed by atoms with E-state index in [2.05, 4.69) is 20.0 Å². The maximum Gasteiger partial charge on any atom is 0.268 e. The summed E-state index contributed by atoms with van der Waals surface area (Å²) in [6.45, 7) is 9.13. The van der Waals surface area contributed by atoms with Gasteiger partial charge in [-0.15, -0.1) is 0 Å². The maximum atomic E-state index is 15.1. The molecule has 0 saturated heterocycles. The summed E-state index contributed by atoms with van der Waals surface area (Å²) in [5.41, 5.74) is 2.88. The Balaban J connectivity index is 1.80. The molecule has 8 heteroatoms. The zero-order valence-corrected chi connectivity index (χ0v) is 16.4. The Bertz CT molecular complexity index is 1300. The molecule has 30 heavy (non-hydrogen) atoms.